The number of carbonyl (C=O) groups is 1. The van der Waals surface area contributed by atoms with Gasteiger partial charge in [0.25, 0.3) is 0 Å². The Balaban J connectivity index is 1.72. The van der Waals surface area contributed by atoms with E-state index in [-0.39, 0.29) is 0 Å². The maximum atomic E-state index is 12.1. The standard InChI is InChI=1S/C20H12INO2/c21-17-7-3-4-13(10-17)11-18-20(23)24-19(22-18)16-9-8-14-5-1-2-6-15(14)12-16/h1-12H/b18-11-. The maximum Gasteiger partial charge on any atom is 0.363 e. The summed E-state index contributed by atoms with van der Waals surface area (Å²) < 4.78 is 6.46. The van der Waals surface area contributed by atoms with Crippen molar-refractivity contribution in [2.45, 2.75) is 0 Å². The van der Waals surface area contributed by atoms with Crippen molar-refractivity contribution in [1.82, 2.24) is 0 Å². The molecule has 0 amide bonds. The quantitative estimate of drug-likeness (QED) is 0.337. The number of nitrogens with zero attached hydrogens (tertiary/aromatic N) is 1. The van der Waals surface area contributed by atoms with E-state index in [1.165, 1.54) is 0 Å². The average Bonchev–Trinajstić information content (AvgIpc) is 2.95. The molecule has 0 unspecified atom stereocenters. The smallest absolute Gasteiger partial charge is 0.363 e. The van der Waals surface area contributed by atoms with Crippen molar-refractivity contribution in [3.8, 4) is 0 Å². The lowest BCUT2D eigenvalue weighted by Gasteiger charge is -2.02. The van der Waals surface area contributed by atoms with Crippen molar-refractivity contribution in [2.75, 3.05) is 0 Å². The van der Waals surface area contributed by atoms with Gasteiger partial charge in [0.05, 0.1) is 0 Å². The van der Waals surface area contributed by atoms with Crippen molar-refractivity contribution in [1.29, 1.82) is 0 Å². The largest absolute Gasteiger partial charge is 0.402 e. The van der Waals surface area contributed by atoms with Gasteiger partial charge in [0.1, 0.15) is 0 Å². The molecule has 0 aliphatic carbocycles. The summed E-state index contributed by atoms with van der Waals surface area (Å²) in [5.74, 6) is -0.0698. The van der Waals surface area contributed by atoms with Crippen LogP contribution in [0.1, 0.15) is 11.1 Å². The Hall–Kier alpha value is -2.47. The van der Waals surface area contributed by atoms with E-state index in [9.17, 15) is 4.79 Å². The highest BCUT2D eigenvalue weighted by Crippen LogP contribution is 2.22. The molecular weight excluding hydrogens is 413 g/mol. The highest BCUT2D eigenvalue weighted by molar-refractivity contribution is 14.1. The summed E-state index contributed by atoms with van der Waals surface area (Å²) in [6.07, 6.45) is 1.75. The van der Waals surface area contributed by atoms with Crippen LogP contribution in [0, 0.1) is 3.57 Å². The van der Waals surface area contributed by atoms with Gasteiger partial charge in [-0.15, -0.1) is 0 Å². The van der Waals surface area contributed by atoms with Gasteiger partial charge in [0.2, 0.25) is 5.90 Å². The number of cyclic esters (lactones) is 1. The minimum Gasteiger partial charge on any atom is -0.402 e. The minimum absolute atomic E-state index is 0.320. The molecule has 116 valence electrons. The molecule has 0 spiro atoms. The summed E-state index contributed by atoms with van der Waals surface area (Å²) in [5.41, 5.74) is 2.05. The van der Waals surface area contributed by atoms with Crippen LogP contribution in [-0.4, -0.2) is 11.9 Å². The molecule has 0 saturated carbocycles. The zero-order valence-electron chi connectivity index (χ0n) is 12.6. The molecule has 3 nitrogen and oxygen atoms in total. The van der Waals surface area contributed by atoms with Crippen LogP contribution in [0.2, 0.25) is 0 Å². The van der Waals surface area contributed by atoms with E-state index in [4.69, 9.17) is 4.74 Å². The van der Waals surface area contributed by atoms with Crippen molar-refractivity contribution < 1.29 is 9.53 Å². The first-order valence-electron chi connectivity index (χ1n) is 7.46. The van der Waals surface area contributed by atoms with E-state index < -0.39 is 5.97 Å². The van der Waals surface area contributed by atoms with Crippen LogP contribution in [-0.2, 0) is 9.53 Å². The molecule has 0 bridgehead atoms. The number of carbonyl (C=O) groups excluding carboxylic acids is 1. The number of esters is 1. The second kappa shape index (κ2) is 6.20. The summed E-state index contributed by atoms with van der Waals surface area (Å²) in [7, 11) is 0. The van der Waals surface area contributed by atoms with Crippen molar-refractivity contribution in [2.24, 2.45) is 4.99 Å². The van der Waals surface area contributed by atoms with Gasteiger partial charge < -0.3 is 4.74 Å². The summed E-state index contributed by atoms with van der Waals surface area (Å²) in [4.78, 5) is 16.5. The van der Waals surface area contributed by atoms with E-state index >= 15 is 0 Å². The predicted octanol–water partition coefficient (Wildman–Crippen LogP) is 4.79. The molecule has 0 aromatic heterocycles. The topological polar surface area (TPSA) is 38.7 Å². The summed E-state index contributed by atoms with van der Waals surface area (Å²) >= 11 is 2.24. The Morgan fingerprint density at radius 1 is 0.917 bits per heavy atom. The zero-order valence-corrected chi connectivity index (χ0v) is 14.7. The third kappa shape index (κ3) is 2.97. The van der Waals surface area contributed by atoms with Crippen LogP contribution in [0.4, 0.5) is 0 Å². The van der Waals surface area contributed by atoms with Gasteiger partial charge in [-0.05, 0) is 69.3 Å². The lowest BCUT2D eigenvalue weighted by Crippen LogP contribution is -2.05. The fraction of sp³-hybridized carbons (Fsp3) is 0. The maximum absolute atomic E-state index is 12.1. The highest BCUT2D eigenvalue weighted by atomic mass is 127. The van der Waals surface area contributed by atoms with Crippen LogP contribution >= 0.6 is 22.6 Å². The van der Waals surface area contributed by atoms with Crippen LogP contribution < -0.4 is 0 Å². The first-order chi connectivity index (χ1) is 11.7. The fourth-order valence-electron chi connectivity index (χ4n) is 2.61. The Morgan fingerprint density at radius 3 is 2.58 bits per heavy atom. The molecule has 0 atom stereocenters. The number of hydrogen-bond donors (Lipinski definition) is 0. The molecular formula is C20H12INO2. The number of hydrogen-bond acceptors (Lipinski definition) is 3. The number of fused-ring (bicyclic) bond motifs is 1. The van der Waals surface area contributed by atoms with Gasteiger partial charge in [0.15, 0.2) is 5.70 Å². The molecule has 0 saturated heterocycles. The lowest BCUT2D eigenvalue weighted by atomic mass is 10.1. The Bertz CT molecular complexity index is 1020. The summed E-state index contributed by atoms with van der Waals surface area (Å²) in [5, 5.41) is 2.23. The predicted molar refractivity (Wildman–Crippen MR) is 104 cm³/mol. The van der Waals surface area contributed by atoms with E-state index in [1.54, 1.807) is 6.08 Å². The molecule has 4 heteroatoms. The number of ether oxygens (including phenoxy) is 1. The van der Waals surface area contributed by atoms with Crippen molar-refractivity contribution in [3.05, 3.63) is 87.1 Å². The van der Waals surface area contributed by atoms with E-state index in [2.05, 4.69) is 27.6 Å². The second-order valence-electron chi connectivity index (χ2n) is 5.45. The zero-order chi connectivity index (χ0) is 16.5. The Labute approximate surface area is 152 Å². The van der Waals surface area contributed by atoms with Gasteiger partial charge in [-0.2, -0.15) is 0 Å². The first kappa shape index (κ1) is 15.1. The molecule has 3 aromatic rings. The molecule has 24 heavy (non-hydrogen) atoms. The Morgan fingerprint density at radius 2 is 1.75 bits per heavy atom. The van der Waals surface area contributed by atoms with Gasteiger partial charge in [-0.25, -0.2) is 9.79 Å². The van der Waals surface area contributed by atoms with Crippen LogP contribution in [0.15, 0.2) is 77.4 Å². The van der Waals surface area contributed by atoms with Crippen LogP contribution in [0.3, 0.4) is 0 Å². The summed E-state index contributed by atoms with van der Waals surface area (Å²) in [6, 6.07) is 21.8. The third-order valence-corrected chi connectivity index (χ3v) is 4.44. The number of rotatable bonds is 2. The first-order valence-corrected chi connectivity index (χ1v) is 8.54. The van der Waals surface area contributed by atoms with Crippen LogP contribution in [0.25, 0.3) is 16.8 Å². The lowest BCUT2D eigenvalue weighted by molar-refractivity contribution is -0.129. The molecule has 1 heterocycles. The van der Waals surface area contributed by atoms with E-state index in [1.807, 2.05) is 66.7 Å². The van der Waals surface area contributed by atoms with Gasteiger partial charge in [-0.1, -0.05) is 42.5 Å². The molecule has 0 fully saturated rings. The molecule has 1 aliphatic heterocycles. The molecule has 0 N–H and O–H groups in total. The normalized spacial score (nSPS) is 15.6. The van der Waals surface area contributed by atoms with Crippen molar-refractivity contribution in [3.63, 3.8) is 0 Å². The van der Waals surface area contributed by atoms with E-state index in [0.29, 0.717) is 11.6 Å². The average molecular weight is 425 g/mol. The molecule has 3 aromatic carbocycles. The van der Waals surface area contributed by atoms with Crippen molar-refractivity contribution >= 4 is 51.3 Å². The number of aliphatic imine (C=N–C) groups is 1. The van der Waals surface area contributed by atoms with Gasteiger partial charge in [0, 0.05) is 9.13 Å². The van der Waals surface area contributed by atoms with Gasteiger partial charge in [-0.3, -0.25) is 0 Å². The second-order valence-corrected chi connectivity index (χ2v) is 6.70. The molecule has 0 radical (unpaired) electrons. The van der Waals surface area contributed by atoms with Crippen LogP contribution in [0.5, 0.6) is 0 Å². The van der Waals surface area contributed by atoms with E-state index in [0.717, 1.165) is 25.5 Å². The minimum atomic E-state index is -0.419. The van der Waals surface area contributed by atoms with Gasteiger partial charge >= 0.3 is 5.97 Å². The molecule has 1 aliphatic rings. The fourth-order valence-corrected chi connectivity index (χ4v) is 3.18. The SMILES string of the molecule is O=C1OC(c2ccc3ccccc3c2)=N/C1=C\c1cccc(I)c1. The molecule has 4 rings (SSSR count). The highest BCUT2D eigenvalue weighted by Gasteiger charge is 2.24. The number of halogens is 1. The monoisotopic (exact) mass is 425 g/mol. The Kier molecular flexibility index (Phi) is 3.90. The number of benzene rings is 3. The summed E-state index contributed by atoms with van der Waals surface area (Å²) in [6.45, 7) is 0. The third-order valence-electron chi connectivity index (χ3n) is 3.77.